The van der Waals surface area contributed by atoms with Gasteiger partial charge in [0, 0.05) is 0 Å². The van der Waals surface area contributed by atoms with Gasteiger partial charge in [0.2, 0.25) is 0 Å². The fraction of sp³-hybridized carbons (Fsp3) is 0.440. The molecule has 1 aliphatic carbocycles. The van der Waals surface area contributed by atoms with Gasteiger partial charge >= 0.3 is 191 Å². The van der Waals surface area contributed by atoms with Gasteiger partial charge in [-0.05, 0) is 0 Å². The zero-order valence-corrected chi connectivity index (χ0v) is 20.6. The molecule has 6 heteroatoms. The molecule has 0 saturated heterocycles. The summed E-state index contributed by atoms with van der Waals surface area (Å²) < 4.78 is 5.61. The van der Waals surface area contributed by atoms with Gasteiger partial charge in [-0.2, -0.15) is 0 Å². The first kappa shape index (κ1) is 23.8. The average molecular weight is 462 g/mol. The van der Waals surface area contributed by atoms with Crippen molar-refractivity contribution in [3.8, 4) is 0 Å². The van der Waals surface area contributed by atoms with Crippen LogP contribution >= 0.6 is 18.9 Å². The average Bonchev–Trinajstić information content (AvgIpc) is 3.56. The standard InChI is InChI=1S/C25H33ClNO3P/c1-5-31(6-2,17-22(28)30-16-20-10-8-7-9-11-20)25(12-13-25)24(29)27-23-18(3)14-21(26)15-19(23)4/h7-11,14-15,31H,5-6,12-13,16-17H2,1-4H3,(H,27,29). The molecule has 2 aromatic rings. The number of nitrogens with one attached hydrogen (secondary N) is 1. The maximum atomic E-state index is 13.5. The summed E-state index contributed by atoms with van der Waals surface area (Å²) in [4.78, 5) is 26.4. The van der Waals surface area contributed by atoms with E-state index in [1.54, 1.807) is 0 Å². The number of benzene rings is 2. The fourth-order valence-corrected chi connectivity index (χ4v) is 10.3. The summed E-state index contributed by atoms with van der Waals surface area (Å²) >= 11 is 6.15. The van der Waals surface area contributed by atoms with Crippen LogP contribution in [-0.2, 0) is 20.9 Å². The molecule has 168 valence electrons. The quantitative estimate of drug-likeness (QED) is 0.370. The molecule has 31 heavy (non-hydrogen) atoms. The maximum absolute atomic E-state index is 13.5. The van der Waals surface area contributed by atoms with E-state index in [2.05, 4.69) is 19.2 Å². The molecule has 0 radical (unpaired) electrons. The summed E-state index contributed by atoms with van der Waals surface area (Å²) in [5.41, 5.74) is 3.72. The van der Waals surface area contributed by atoms with Crippen molar-refractivity contribution in [2.45, 2.75) is 52.3 Å². The van der Waals surface area contributed by atoms with E-state index in [1.165, 1.54) is 0 Å². The topological polar surface area (TPSA) is 55.4 Å². The Kier molecular flexibility index (Phi) is 7.44. The third-order valence-electron chi connectivity index (χ3n) is 7.01. The van der Waals surface area contributed by atoms with Crippen LogP contribution in [0.25, 0.3) is 0 Å². The summed E-state index contributed by atoms with van der Waals surface area (Å²) in [7, 11) is -2.24. The van der Waals surface area contributed by atoms with E-state index in [0.717, 1.165) is 47.5 Å². The van der Waals surface area contributed by atoms with Gasteiger partial charge in [0.15, 0.2) is 0 Å². The zero-order valence-electron chi connectivity index (χ0n) is 18.9. The number of esters is 1. The Morgan fingerprint density at radius 3 is 2.16 bits per heavy atom. The van der Waals surface area contributed by atoms with Crippen LogP contribution in [0.2, 0.25) is 5.02 Å². The second-order valence-corrected chi connectivity index (χ2v) is 14.5. The first-order valence-corrected chi connectivity index (χ1v) is 14.0. The normalized spacial score (nSPS) is 15.3. The molecule has 1 amide bonds. The Bertz CT molecular complexity index is 929. The number of ether oxygens (including phenoxy) is 1. The Morgan fingerprint density at radius 2 is 1.65 bits per heavy atom. The van der Waals surface area contributed by atoms with Gasteiger partial charge in [-0.1, -0.05) is 0 Å². The van der Waals surface area contributed by atoms with Gasteiger partial charge < -0.3 is 0 Å². The SMILES string of the molecule is CC[PH](CC)(CC(=O)OCc1ccccc1)C1(C(=O)Nc2c(C)cc(Cl)cc2C)CC1. The second-order valence-electron chi connectivity index (χ2n) is 8.76. The van der Waals surface area contributed by atoms with Crippen LogP contribution in [-0.4, -0.2) is 35.5 Å². The summed E-state index contributed by atoms with van der Waals surface area (Å²) in [5.74, 6) is -0.121. The fourth-order valence-electron chi connectivity index (χ4n) is 4.88. The third kappa shape index (κ3) is 4.96. The van der Waals surface area contributed by atoms with Crippen LogP contribution < -0.4 is 5.32 Å². The predicted octanol–water partition coefficient (Wildman–Crippen LogP) is 5.96. The van der Waals surface area contributed by atoms with E-state index in [0.29, 0.717) is 11.2 Å². The predicted molar refractivity (Wildman–Crippen MR) is 132 cm³/mol. The monoisotopic (exact) mass is 461 g/mol. The van der Waals surface area contributed by atoms with Crippen LogP contribution in [0.3, 0.4) is 0 Å². The molecule has 0 atom stereocenters. The van der Waals surface area contributed by atoms with Crippen molar-refractivity contribution in [2.75, 3.05) is 23.8 Å². The van der Waals surface area contributed by atoms with Crippen LogP contribution in [0.5, 0.6) is 0 Å². The molecule has 0 bridgehead atoms. The number of hydrogen-bond acceptors (Lipinski definition) is 3. The van der Waals surface area contributed by atoms with Gasteiger partial charge in [-0.25, -0.2) is 0 Å². The van der Waals surface area contributed by atoms with Crippen LogP contribution in [0.1, 0.15) is 43.4 Å². The van der Waals surface area contributed by atoms with Crippen molar-refractivity contribution < 1.29 is 14.3 Å². The Labute approximate surface area is 191 Å². The number of carbonyl (C=O) groups is 2. The van der Waals surface area contributed by atoms with E-state index in [-0.39, 0.29) is 18.5 Å². The van der Waals surface area contributed by atoms with E-state index in [4.69, 9.17) is 16.3 Å². The summed E-state index contributed by atoms with van der Waals surface area (Å²) in [5, 5.41) is 3.46. The van der Waals surface area contributed by atoms with Gasteiger partial charge in [0.25, 0.3) is 0 Å². The molecule has 2 aromatic carbocycles. The van der Waals surface area contributed by atoms with Crippen molar-refractivity contribution in [3.05, 3.63) is 64.2 Å². The number of aryl methyl sites for hydroxylation is 2. The first-order valence-electron chi connectivity index (χ1n) is 11.0. The molecule has 0 aliphatic heterocycles. The molecule has 1 saturated carbocycles. The minimum absolute atomic E-state index is 0.0623. The molecule has 1 N–H and O–H groups in total. The minimum atomic E-state index is -2.24. The van der Waals surface area contributed by atoms with Crippen molar-refractivity contribution in [3.63, 3.8) is 0 Å². The number of amides is 1. The van der Waals surface area contributed by atoms with Crippen LogP contribution in [0.4, 0.5) is 5.69 Å². The molecule has 0 heterocycles. The van der Waals surface area contributed by atoms with Crippen LogP contribution in [0.15, 0.2) is 42.5 Å². The molecular weight excluding hydrogens is 429 g/mol. The summed E-state index contributed by atoms with van der Waals surface area (Å²) in [6.07, 6.45) is 3.86. The molecule has 0 unspecified atom stereocenters. The molecule has 4 nitrogen and oxygen atoms in total. The van der Waals surface area contributed by atoms with Gasteiger partial charge in [-0.15, -0.1) is 0 Å². The number of hydrogen-bond donors (Lipinski definition) is 1. The molecule has 0 spiro atoms. The van der Waals surface area contributed by atoms with Crippen LogP contribution in [0, 0.1) is 13.8 Å². The van der Waals surface area contributed by atoms with Gasteiger partial charge in [0.05, 0.1) is 0 Å². The Hall–Kier alpha value is -1.90. The van der Waals surface area contributed by atoms with Gasteiger partial charge in [0.1, 0.15) is 0 Å². The molecule has 1 fully saturated rings. The molecule has 3 rings (SSSR count). The van der Waals surface area contributed by atoms with Crippen molar-refractivity contribution in [2.24, 2.45) is 0 Å². The van der Waals surface area contributed by atoms with E-state index < -0.39 is 12.4 Å². The second kappa shape index (κ2) is 9.71. The summed E-state index contributed by atoms with van der Waals surface area (Å²) in [6.45, 7) is 8.46. The number of rotatable bonds is 9. The number of anilines is 1. The van der Waals surface area contributed by atoms with E-state index >= 15 is 0 Å². The Balaban J connectivity index is 1.76. The molecule has 1 aliphatic rings. The van der Waals surface area contributed by atoms with Gasteiger partial charge in [-0.3, -0.25) is 0 Å². The van der Waals surface area contributed by atoms with E-state index in [1.807, 2.05) is 56.3 Å². The number of halogens is 1. The summed E-state index contributed by atoms with van der Waals surface area (Å²) in [6, 6.07) is 13.4. The van der Waals surface area contributed by atoms with Crippen molar-refractivity contribution in [1.29, 1.82) is 0 Å². The molecular formula is C25H33ClNO3P. The zero-order chi connectivity index (χ0) is 22.6. The van der Waals surface area contributed by atoms with E-state index in [9.17, 15) is 9.59 Å². The van der Waals surface area contributed by atoms with Crippen molar-refractivity contribution >= 4 is 36.4 Å². The molecule has 0 aromatic heterocycles. The number of carbonyl (C=O) groups excluding carboxylic acids is 2. The third-order valence-corrected chi connectivity index (χ3v) is 13.7. The first-order chi connectivity index (χ1) is 14.8. The van der Waals surface area contributed by atoms with Crippen molar-refractivity contribution in [1.82, 2.24) is 0 Å². The Morgan fingerprint density at radius 1 is 1.06 bits per heavy atom.